The van der Waals surface area contributed by atoms with E-state index in [0.29, 0.717) is 36.1 Å². The topological polar surface area (TPSA) is 84.7 Å². The molecule has 3 N–H and O–H groups in total. The molecule has 1 aromatic carbocycles. The molecule has 2 fully saturated rings. The third kappa shape index (κ3) is 4.68. The SMILES string of the molecule is Cc1ccc(C(=O)N2CC(C)CC(C)C2)cc1NC(=O)[C@@H]1CC[C@H](CN)O1. The quantitative estimate of drug-likeness (QED) is 0.849. The number of piperidine rings is 1. The molecule has 2 aliphatic rings. The number of amides is 2. The molecular formula is C21H31N3O3. The van der Waals surface area contributed by atoms with Gasteiger partial charge in [0.1, 0.15) is 6.10 Å². The largest absolute Gasteiger partial charge is 0.364 e. The lowest BCUT2D eigenvalue weighted by Gasteiger charge is -2.35. The van der Waals surface area contributed by atoms with Gasteiger partial charge in [-0.2, -0.15) is 0 Å². The number of carbonyl (C=O) groups excluding carboxylic acids is 2. The van der Waals surface area contributed by atoms with E-state index in [-0.39, 0.29) is 17.9 Å². The van der Waals surface area contributed by atoms with Crippen LogP contribution in [0.4, 0.5) is 5.69 Å². The highest BCUT2D eigenvalue weighted by molar-refractivity contribution is 5.99. The summed E-state index contributed by atoms with van der Waals surface area (Å²) in [5.41, 5.74) is 7.83. The summed E-state index contributed by atoms with van der Waals surface area (Å²) in [5, 5.41) is 2.94. The number of hydrogen-bond acceptors (Lipinski definition) is 4. The van der Waals surface area contributed by atoms with Crippen molar-refractivity contribution in [2.75, 3.05) is 25.0 Å². The van der Waals surface area contributed by atoms with Crippen LogP contribution in [-0.2, 0) is 9.53 Å². The Hall–Kier alpha value is -1.92. The zero-order valence-electron chi connectivity index (χ0n) is 16.5. The lowest BCUT2D eigenvalue weighted by Crippen LogP contribution is -2.42. The zero-order valence-corrected chi connectivity index (χ0v) is 16.5. The van der Waals surface area contributed by atoms with Crippen LogP contribution in [0.3, 0.4) is 0 Å². The number of nitrogens with two attached hydrogens (primary N) is 1. The first-order valence-electron chi connectivity index (χ1n) is 9.93. The Morgan fingerprint density at radius 1 is 1.22 bits per heavy atom. The van der Waals surface area contributed by atoms with E-state index >= 15 is 0 Å². The average molecular weight is 373 g/mol. The number of carbonyl (C=O) groups is 2. The molecule has 3 rings (SSSR count). The van der Waals surface area contributed by atoms with Crippen LogP contribution in [0.25, 0.3) is 0 Å². The maximum absolute atomic E-state index is 13.0. The van der Waals surface area contributed by atoms with E-state index in [0.717, 1.165) is 31.5 Å². The van der Waals surface area contributed by atoms with E-state index in [2.05, 4.69) is 19.2 Å². The molecule has 2 heterocycles. The van der Waals surface area contributed by atoms with Crippen molar-refractivity contribution in [3.63, 3.8) is 0 Å². The van der Waals surface area contributed by atoms with Crippen LogP contribution in [0, 0.1) is 18.8 Å². The summed E-state index contributed by atoms with van der Waals surface area (Å²) in [4.78, 5) is 27.4. The van der Waals surface area contributed by atoms with Gasteiger partial charge < -0.3 is 20.7 Å². The maximum atomic E-state index is 13.0. The van der Waals surface area contributed by atoms with Gasteiger partial charge in [-0.15, -0.1) is 0 Å². The fourth-order valence-electron chi connectivity index (χ4n) is 4.19. The van der Waals surface area contributed by atoms with Gasteiger partial charge in [-0.3, -0.25) is 9.59 Å². The number of hydrogen-bond donors (Lipinski definition) is 2. The van der Waals surface area contributed by atoms with Gasteiger partial charge >= 0.3 is 0 Å². The number of aryl methyl sites for hydroxylation is 1. The van der Waals surface area contributed by atoms with Crippen LogP contribution in [-0.4, -0.2) is 48.6 Å². The number of anilines is 1. The third-order valence-corrected chi connectivity index (χ3v) is 5.56. The Kier molecular flexibility index (Phi) is 6.17. The van der Waals surface area contributed by atoms with Gasteiger partial charge in [0.2, 0.25) is 0 Å². The maximum Gasteiger partial charge on any atom is 0.253 e. The second kappa shape index (κ2) is 8.40. The summed E-state index contributed by atoms with van der Waals surface area (Å²) in [5.74, 6) is 0.887. The van der Waals surface area contributed by atoms with E-state index < -0.39 is 6.10 Å². The van der Waals surface area contributed by atoms with E-state index in [1.807, 2.05) is 24.0 Å². The molecule has 4 atom stereocenters. The normalized spacial score (nSPS) is 28.2. The Balaban J connectivity index is 1.70. The third-order valence-electron chi connectivity index (χ3n) is 5.56. The molecule has 2 amide bonds. The van der Waals surface area contributed by atoms with Crippen molar-refractivity contribution < 1.29 is 14.3 Å². The second-order valence-corrected chi connectivity index (χ2v) is 8.23. The standard InChI is InChI=1S/C21H31N3O3/c1-13-8-14(2)12-24(11-13)21(26)16-5-4-15(3)18(9-16)23-20(25)19-7-6-17(10-22)27-19/h4-5,9,13-14,17,19H,6-8,10-12,22H2,1-3H3,(H,23,25)/t13?,14?,17-,19+/m1/s1. The van der Waals surface area contributed by atoms with Crippen molar-refractivity contribution in [2.24, 2.45) is 17.6 Å². The molecule has 27 heavy (non-hydrogen) atoms. The van der Waals surface area contributed by atoms with Crippen molar-refractivity contribution in [1.82, 2.24) is 4.90 Å². The smallest absolute Gasteiger partial charge is 0.253 e. The molecule has 0 aromatic heterocycles. The first-order valence-corrected chi connectivity index (χ1v) is 9.93. The minimum atomic E-state index is -0.471. The Labute approximate surface area is 161 Å². The predicted molar refractivity (Wildman–Crippen MR) is 106 cm³/mol. The highest BCUT2D eigenvalue weighted by atomic mass is 16.5. The monoisotopic (exact) mass is 373 g/mol. The van der Waals surface area contributed by atoms with Crippen LogP contribution in [0.15, 0.2) is 18.2 Å². The Morgan fingerprint density at radius 3 is 2.56 bits per heavy atom. The number of benzene rings is 1. The van der Waals surface area contributed by atoms with Crippen molar-refractivity contribution in [3.8, 4) is 0 Å². The first kappa shape index (κ1) is 19.8. The summed E-state index contributed by atoms with van der Waals surface area (Å²) in [6.45, 7) is 8.30. The van der Waals surface area contributed by atoms with Gasteiger partial charge in [-0.05, 0) is 55.7 Å². The lowest BCUT2D eigenvalue weighted by atomic mass is 9.91. The van der Waals surface area contributed by atoms with Crippen molar-refractivity contribution in [1.29, 1.82) is 0 Å². The highest BCUT2D eigenvalue weighted by Gasteiger charge is 2.30. The summed E-state index contributed by atoms with van der Waals surface area (Å²) in [6.07, 6.45) is 2.12. The molecule has 6 nitrogen and oxygen atoms in total. The van der Waals surface area contributed by atoms with Crippen molar-refractivity contribution in [2.45, 2.75) is 52.2 Å². The Bertz CT molecular complexity index is 696. The van der Waals surface area contributed by atoms with Gasteiger partial charge in [0.25, 0.3) is 11.8 Å². The summed E-state index contributed by atoms with van der Waals surface area (Å²) >= 11 is 0. The minimum absolute atomic E-state index is 0.0317. The Morgan fingerprint density at radius 2 is 1.93 bits per heavy atom. The molecule has 148 valence electrons. The summed E-state index contributed by atoms with van der Waals surface area (Å²) in [6, 6.07) is 5.51. The molecule has 0 spiro atoms. The van der Waals surface area contributed by atoms with Crippen LogP contribution in [0.5, 0.6) is 0 Å². The van der Waals surface area contributed by atoms with Crippen molar-refractivity contribution in [3.05, 3.63) is 29.3 Å². The molecule has 6 heteroatoms. The first-order chi connectivity index (χ1) is 12.9. The number of likely N-dealkylation sites (tertiary alicyclic amines) is 1. The molecule has 2 saturated heterocycles. The molecule has 2 aliphatic heterocycles. The minimum Gasteiger partial charge on any atom is -0.364 e. The highest BCUT2D eigenvalue weighted by Crippen LogP contribution is 2.25. The fourth-order valence-corrected chi connectivity index (χ4v) is 4.19. The number of ether oxygens (including phenoxy) is 1. The molecular weight excluding hydrogens is 342 g/mol. The molecule has 0 aliphatic carbocycles. The van der Waals surface area contributed by atoms with Crippen molar-refractivity contribution >= 4 is 17.5 Å². The van der Waals surface area contributed by atoms with Gasteiger partial charge in [0.05, 0.1) is 6.10 Å². The second-order valence-electron chi connectivity index (χ2n) is 8.23. The van der Waals surface area contributed by atoms with E-state index in [4.69, 9.17) is 10.5 Å². The molecule has 1 aromatic rings. The molecule has 0 saturated carbocycles. The molecule has 0 bridgehead atoms. The summed E-state index contributed by atoms with van der Waals surface area (Å²) in [7, 11) is 0. The van der Waals surface area contributed by atoms with Gasteiger partial charge in [0.15, 0.2) is 0 Å². The van der Waals surface area contributed by atoms with Crippen LogP contribution >= 0.6 is 0 Å². The fraction of sp³-hybridized carbons (Fsp3) is 0.619. The van der Waals surface area contributed by atoms with Crippen LogP contribution < -0.4 is 11.1 Å². The van der Waals surface area contributed by atoms with Gasteiger partial charge in [0, 0.05) is 30.9 Å². The van der Waals surface area contributed by atoms with E-state index in [1.54, 1.807) is 6.07 Å². The van der Waals surface area contributed by atoms with Gasteiger partial charge in [-0.25, -0.2) is 0 Å². The van der Waals surface area contributed by atoms with E-state index in [1.165, 1.54) is 0 Å². The average Bonchev–Trinajstić information content (AvgIpc) is 3.11. The molecule has 0 radical (unpaired) electrons. The van der Waals surface area contributed by atoms with Crippen LogP contribution in [0.2, 0.25) is 0 Å². The van der Waals surface area contributed by atoms with Crippen LogP contribution in [0.1, 0.15) is 49.0 Å². The zero-order chi connectivity index (χ0) is 19.6. The number of nitrogens with one attached hydrogen (secondary N) is 1. The number of rotatable bonds is 4. The van der Waals surface area contributed by atoms with E-state index in [9.17, 15) is 9.59 Å². The predicted octanol–water partition coefficient (Wildman–Crippen LogP) is 2.56. The van der Waals surface area contributed by atoms with Gasteiger partial charge in [-0.1, -0.05) is 19.9 Å². The molecule has 2 unspecified atom stereocenters. The summed E-state index contributed by atoms with van der Waals surface area (Å²) < 4.78 is 5.67. The number of nitrogens with zero attached hydrogens (tertiary/aromatic N) is 1. The lowest BCUT2D eigenvalue weighted by molar-refractivity contribution is -0.126.